The zero-order valence-electron chi connectivity index (χ0n) is 29.8. The largest absolute Gasteiger partial charge is 0.355 e. The lowest BCUT2D eigenvalue weighted by atomic mass is 9.33. The van der Waals surface area contributed by atoms with E-state index in [1.807, 2.05) is 0 Å². The van der Waals surface area contributed by atoms with E-state index in [1.165, 1.54) is 77.9 Å². The molecule has 0 fully saturated rings. The highest BCUT2D eigenvalue weighted by atomic mass is 15.2. The Hall–Kier alpha value is -6.71. The highest BCUT2D eigenvalue weighted by Gasteiger charge is 2.45. The van der Waals surface area contributed by atoms with Crippen molar-refractivity contribution in [2.75, 3.05) is 15.1 Å². The molecule has 252 valence electrons. The van der Waals surface area contributed by atoms with Crippen LogP contribution in [0.15, 0.2) is 188 Å². The van der Waals surface area contributed by atoms with E-state index < -0.39 is 0 Å². The summed E-state index contributed by atoms with van der Waals surface area (Å²) in [7, 11) is 0.845. The zero-order valence-corrected chi connectivity index (χ0v) is 29.8. The smallest absolute Gasteiger partial charge is 0.252 e. The molecule has 0 spiro atoms. The summed E-state index contributed by atoms with van der Waals surface area (Å²) in [5.74, 6) is 0. The summed E-state index contributed by atoms with van der Waals surface area (Å²) >= 11 is 0. The third kappa shape index (κ3) is 4.85. The summed E-state index contributed by atoms with van der Waals surface area (Å²) in [5.41, 5.74) is 21.5. The second kappa shape index (κ2) is 12.5. The molecular weight excluding hydrogens is 652 g/mol. The topological polar surface area (TPSA) is 18.5 Å². The Morgan fingerprint density at radius 1 is 0.519 bits per heavy atom. The molecule has 11 rings (SSSR count). The molecule has 54 heavy (non-hydrogen) atoms. The Morgan fingerprint density at radius 3 is 1.96 bits per heavy atom. The first-order chi connectivity index (χ1) is 26.8. The summed E-state index contributed by atoms with van der Waals surface area (Å²) in [6.07, 6.45) is 0. The predicted molar refractivity (Wildman–Crippen MR) is 232 cm³/mol. The van der Waals surface area contributed by atoms with Gasteiger partial charge in [0, 0.05) is 51.9 Å². The molecule has 0 radical (unpaired) electrons. The van der Waals surface area contributed by atoms with Gasteiger partial charge in [0.05, 0.1) is 0 Å². The monoisotopic (exact) mass is 687 g/mol. The van der Waals surface area contributed by atoms with E-state index in [0.29, 0.717) is 0 Å². The van der Waals surface area contributed by atoms with Crippen LogP contribution in [0.3, 0.4) is 0 Å². The van der Waals surface area contributed by atoms with Crippen molar-refractivity contribution in [2.45, 2.75) is 6.54 Å². The standard InChI is InChI=1S/C49H35B2N3/c1-4-16-33(17-5-1)34-28-29-38(43(30-34)52-36-19-6-2-7-20-36)39-31-46-48-49-47(39)50-40-23-11-10-18-35(40)32-53(49)44-26-14-12-24-41(44)51(48)42-25-13-15-27-45(42)54(46)37-21-8-3-9-22-37/h1-31,50,52H,32H2. The highest BCUT2D eigenvalue weighted by molar-refractivity contribution is 7.01. The van der Waals surface area contributed by atoms with Crippen LogP contribution in [0.4, 0.5) is 39.8 Å². The van der Waals surface area contributed by atoms with Gasteiger partial charge >= 0.3 is 0 Å². The van der Waals surface area contributed by atoms with Gasteiger partial charge < -0.3 is 15.1 Å². The van der Waals surface area contributed by atoms with Crippen LogP contribution in [0.5, 0.6) is 0 Å². The number of rotatable bonds is 5. The lowest BCUT2D eigenvalue weighted by Gasteiger charge is -2.45. The normalized spacial score (nSPS) is 13.1. The van der Waals surface area contributed by atoms with Gasteiger partial charge in [0.15, 0.2) is 7.28 Å². The number of hydrogen-bond donors (Lipinski definition) is 1. The van der Waals surface area contributed by atoms with Gasteiger partial charge in [-0.15, -0.1) is 0 Å². The molecule has 0 amide bonds. The van der Waals surface area contributed by atoms with Gasteiger partial charge in [-0.05, 0) is 92.6 Å². The van der Waals surface area contributed by atoms with E-state index in [4.69, 9.17) is 0 Å². The van der Waals surface area contributed by atoms with Gasteiger partial charge in [-0.2, -0.15) is 0 Å². The highest BCUT2D eigenvalue weighted by Crippen LogP contribution is 2.45. The molecule has 8 aromatic rings. The molecular formula is C49H35B2N3. The lowest BCUT2D eigenvalue weighted by Crippen LogP contribution is -2.63. The molecule has 3 aliphatic heterocycles. The van der Waals surface area contributed by atoms with Crippen LogP contribution in [0.1, 0.15) is 5.56 Å². The van der Waals surface area contributed by atoms with Crippen molar-refractivity contribution < 1.29 is 0 Å². The third-order valence-electron chi connectivity index (χ3n) is 11.5. The third-order valence-corrected chi connectivity index (χ3v) is 11.5. The predicted octanol–water partition coefficient (Wildman–Crippen LogP) is 8.42. The molecule has 0 bridgehead atoms. The van der Waals surface area contributed by atoms with Crippen molar-refractivity contribution in [2.24, 2.45) is 0 Å². The molecule has 3 aliphatic rings. The summed E-state index contributed by atoms with van der Waals surface area (Å²) in [6.45, 7) is 0.924. The van der Waals surface area contributed by atoms with Crippen LogP contribution in [0.2, 0.25) is 0 Å². The number of hydrogen-bond acceptors (Lipinski definition) is 3. The first-order valence-electron chi connectivity index (χ1n) is 18.9. The molecule has 0 aromatic heterocycles. The van der Waals surface area contributed by atoms with Crippen molar-refractivity contribution in [1.82, 2.24) is 0 Å². The van der Waals surface area contributed by atoms with Gasteiger partial charge in [-0.1, -0.05) is 145 Å². The molecule has 0 saturated heterocycles. The van der Waals surface area contributed by atoms with Gasteiger partial charge in [0.25, 0.3) is 6.71 Å². The summed E-state index contributed by atoms with van der Waals surface area (Å²) < 4.78 is 0. The van der Waals surface area contributed by atoms with Crippen LogP contribution in [0, 0.1) is 0 Å². The quantitative estimate of drug-likeness (QED) is 0.184. The van der Waals surface area contributed by atoms with E-state index in [9.17, 15) is 0 Å². The van der Waals surface area contributed by atoms with Crippen LogP contribution < -0.4 is 42.4 Å². The second-order valence-electron chi connectivity index (χ2n) is 14.6. The van der Waals surface area contributed by atoms with Crippen molar-refractivity contribution in [3.8, 4) is 22.3 Å². The molecule has 3 heterocycles. The van der Waals surface area contributed by atoms with Crippen LogP contribution in [-0.2, 0) is 6.54 Å². The zero-order chi connectivity index (χ0) is 35.6. The number of benzene rings is 8. The number of nitrogens with one attached hydrogen (secondary N) is 1. The maximum Gasteiger partial charge on any atom is 0.252 e. The Balaban J connectivity index is 1.25. The Labute approximate surface area is 317 Å². The van der Waals surface area contributed by atoms with Gasteiger partial charge in [0.2, 0.25) is 0 Å². The molecule has 1 N–H and O–H groups in total. The van der Waals surface area contributed by atoms with Crippen LogP contribution >= 0.6 is 0 Å². The Kier molecular flexibility index (Phi) is 7.12. The fourth-order valence-electron chi connectivity index (χ4n) is 9.19. The molecule has 8 aromatic carbocycles. The minimum atomic E-state index is 0.106. The van der Waals surface area contributed by atoms with Gasteiger partial charge in [0.1, 0.15) is 0 Å². The maximum absolute atomic E-state index is 3.88. The Bertz CT molecular complexity index is 2710. The molecule has 0 atom stereocenters. The van der Waals surface area contributed by atoms with Crippen molar-refractivity contribution in [3.05, 3.63) is 194 Å². The Morgan fingerprint density at radius 2 is 1.17 bits per heavy atom. The second-order valence-corrected chi connectivity index (χ2v) is 14.6. The summed E-state index contributed by atoms with van der Waals surface area (Å²) in [5, 5.41) is 3.88. The lowest BCUT2D eigenvalue weighted by molar-refractivity contribution is 0.992. The van der Waals surface area contributed by atoms with E-state index in [-0.39, 0.29) is 6.71 Å². The minimum absolute atomic E-state index is 0.106. The summed E-state index contributed by atoms with van der Waals surface area (Å²) in [6, 6.07) is 68.9. The van der Waals surface area contributed by atoms with E-state index in [2.05, 4.69) is 203 Å². The summed E-state index contributed by atoms with van der Waals surface area (Å²) in [4.78, 5) is 5.15. The fourth-order valence-corrected chi connectivity index (χ4v) is 9.19. The first-order valence-corrected chi connectivity index (χ1v) is 18.9. The molecule has 0 aliphatic carbocycles. The number of anilines is 7. The maximum atomic E-state index is 3.88. The van der Waals surface area contributed by atoms with Gasteiger partial charge in [-0.3, -0.25) is 0 Å². The van der Waals surface area contributed by atoms with Crippen molar-refractivity contribution >= 4 is 81.1 Å². The van der Waals surface area contributed by atoms with E-state index in [0.717, 1.165) is 30.9 Å². The molecule has 5 heteroatoms. The first kappa shape index (κ1) is 30.9. The minimum Gasteiger partial charge on any atom is -0.355 e. The number of fused-ring (bicyclic) bond motifs is 6. The van der Waals surface area contributed by atoms with Crippen LogP contribution in [0.25, 0.3) is 22.3 Å². The number of nitrogens with zero attached hydrogens (tertiary/aromatic N) is 2. The molecule has 0 saturated carbocycles. The molecule has 0 unspecified atom stereocenters. The van der Waals surface area contributed by atoms with Crippen molar-refractivity contribution in [3.63, 3.8) is 0 Å². The van der Waals surface area contributed by atoms with E-state index >= 15 is 0 Å². The molecule has 3 nitrogen and oxygen atoms in total. The fraction of sp³-hybridized carbons (Fsp3) is 0.0204. The van der Waals surface area contributed by atoms with E-state index in [1.54, 1.807) is 0 Å². The number of para-hydroxylation sites is 4. The SMILES string of the molecule is B1c2ccccc2CN2c3ccccc3B3c4ccccc4N(c4ccccc4)c4cc(-c5ccc(-c6ccccc6)cc5Nc5ccccc5)c1c2c43. The van der Waals surface area contributed by atoms with Gasteiger partial charge in [-0.25, -0.2) is 0 Å². The average Bonchev–Trinajstić information content (AvgIpc) is 3.41. The van der Waals surface area contributed by atoms with Crippen molar-refractivity contribution in [1.29, 1.82) is 0 Å². The average molecular weight is 687 g/mol. The van der Waals surface area contributed by atoms with Crippen LogP contribution in [-0.4, -0.2) is 14.0 Å².